The molecule has 0 unspecified atom stereocenters. The summed E-state index contributed by atoms with van der Waals surface area (Å²) in [6.45, 7) is 2.23. The van der Waals surface area contributed by atoms with Crippen molar-refractivity contribution in [2.75, 3.05) is 5.32 Å². The van der Waals surface area contributed by atoms with Gasteiger partial charge in [0.25, 0.3) is 0 Å². The standard InChI is InChI=1S/C14H19BrN2O/c1-10-6-8-14(9-7-10,13(16)18)17-12-4-2-11(15)3-5-12/h2-5,10,17H,6-9H2,1H3,(H2,16,18). The second-order valence-corrected chi connectivity index (χ2v) is 6.18. The maximum absolute atomic E-state index is 11.8. The van der Waals surface area contributed by atoms with Crippen LogP contribution in [-0.2, 0) is 4.79 Å². The minimum absolute atomic E-state index is 0.239. The lowest BCUT2D eigenvalue weighted by molar-refractivity contribution is -0.123. The van der Waals surface area contributed by atoms with E-state index in [9.17, 15) is 4.79 Å². The van der Waals surface area contributed by atoms with Gasteiger partial charge in [-0.25, -0.2) is 0 Å². The van der Waals surface area contributed by atoms with Gasteiger partial charge >= 0.3 is 0 Å². The third-order valence-corrected chi connectivity index (χ3v) is 4.36. The van der Waals surface area contributed by atoms with Crippen LogP contribution in [0.25, 0.3) is 0 Å². The molecule has 1 fully saturated rings. The van der Waals surface area contributed by atoms with Crippen LogP contribution in [0.2, 0.25) is 0 Å². The Labute approximate surface area is 116 Å². The fraction of sp³-hybridized carbons (Fsp3) is 0.500. The number of benzene rings is 1. The van der Waals surface area contributed by atoms with Crippen LogP contribution in [0.1, 0.15) is 32.6 Å². The fourth-order valence-electron chi connectivity index (χ4n) is 2.50. The number of hydrogen-bond donors (Lipinski definition) is 2. The van der Waals surface area contributed by atoms with Gasteiger partial charge in [-0.2, -0.15) is 0 Å². The molecule has 0 atom stereocenters. The van der Waals surface area contributed by atoms with E-state index in [1.807, 2.05) is 24.3 Å². The van der Waals surface area contributed by atoms with E-state index in [1.54, 1.807) is 0 Å². The molecular formula is C14H19BrN2O. The van der Waals surface area contributed by atoms with Gasteiger partial charge < -0.3 is 11.1 Å². The van der Waals surface area contributed by atoms with E-state index in [0.29, 0.717) is 5.92 Å². The third kappa shape index (κ3) is 2.86. The largest absolute Gasteiger partial charge is 0.371 e. The highest BCUT2D eigenvalue weighted by Gasteiger charge is 2.39. The molecule has 1 aromatic rings. The number of nitrogens with one attached hydrogen (secondary N) is 1. The van der Waals surface area contributed by atoms with Crippen LogP contribution in [0, 0.1) is 5.92 Å². The summed E-state index contributed by atoms with van der Waals surface area (Å²) in [6, 6.07) is 7.85. The Kier molecular flexibility index (Phi) is 3.95. The summed E-state index contributed by atoms with van der Waals surface area (Å²) in [7, 11) is 0. The van der Waals surface area contributed by atoms with Gasteiger partial charge in [0.1, 0.15) is 5.54 Å². The summed E-state index contributed by atoms with van der Waals surface area (Å²) in [5.41, 5.74) is 6.00. The fourth-order valence-corrected chi connectivity index (χ4v) is 2.76. The number of primary amides is 1. The molecule has 0 bridgehead atoms. The van der Waals surface area contributed by atoms with Crippen molar-refractivity contribution in [1.29, 1.82) is 0 Å². The second kappa shape index (κ2) is 5.31. The summed E-state index contributed by atoms with van der Waals surface area (Å²) in [4.78, 5) is 11.8. The van der Waals surface area contributed by atoms with Crippen molar-refractivity contribution in [3.63, 3.8) is 0 Å². The van der Waals surface area contributed by atoms with Gasteiger partial charge in [-0.1, -0.05) is 22.9 Å². The summed E-state index contributed by atoms with van der Waals surface area (Å²) >= 11 is 3.40. The Bertz CT molecular complexity index is 422. The number of carbonyl (C=O) groups is 1. The van der Waals surface area contributed by atoms with Crippen molar-refractivity contribution < 1.29 is 4.79 Å². The van der Waals surface area contributed by atoms with Crippen molar-refractivity contribution in [2.24, 2.45) is 11.7 Å². The number of hydrogen-bond acceptors (Lipinski definition) is 2. The summed E-state index contributed by atoms with van der Waals surface area (Å²) in [6.07, 6.45) is 3.73. The number of amides is 1. The van der Waals surface area contributed by atoms with Gasteiger partial charge in [-0.3, -0.25) is 4.79 Å². The molecular weight excluding hydrogens is 292 g/mol. The summed E-state index contributed by atoms with van der Waals surface area (Å²) in [5, 5.41) is 3.35. The van der Waals surface area contributed by atoms with Crippen molar-refractivity contribution >= 4 is 27.5 Å². The molecule has 18 heavy (non-hydrogen) atoms. The highest BCUT2D eigenvalue weighted by molar-refractivity contribution is 9.10. The number of anilines is 1. The molecule has 0 aromatic heterocycles. The average molecular weight is 311 g/mol. The van der Waals surface area contributed by atoms with Gasteiger partial charge in [0.2, 0.25) is 5.91 Å². The zero-order chi connectivity index (χ0) is 13.2. The van der Waals surface area contributed by atoms with E-state index in [1.165, 1.54) is 0 Å². The maximum Gasteiger partial charge on any atom is 0.243 e. The van der Waals surface area contributed by atoms with Gasteiger partial charge in [0.15, 0.2) is 0 Å². The van der Waals surface area contributed by atoms with Gasteiger partial charge in [0, 0.05) is 10.2 Å². The molecule has 0 spiro atoms. The molecule has 0 aliphatic heterocycles. The first kappa shape index (κ1) is 13.4. The van der Waals surface area contributed by atoms with Crippen LogP contribution in [0.15, 0.2) is 28.7 Å². The molecule has 1 amide bonds. The molecule has 1 saturated carbocycles. The minimum Gasteiger partial charge on any atom is -0.371 e. The van der Waals surface area contributed by atoms with E-state index in [4.69, 9.17) is 5.73 Å². The monoisotopic (exact) mass is 310 g/mol. The lowest BCUT2D eigenvalue weighted by Gasteiger charge is -2.38. The zero-order valence-electron chi connectivity index (χ0n) is 10.6. The van der Waals surface area contributed by atoms with Crippen LogP contribution >= 0.6 is 15.9 Å². The molecule has 1 aromatic carbocycles. The highest BCUT2D eigenvalue weighted by Crippen LogP contribution is 2.34. The number of carbonyl (C=O) groups excluding carboxylic acids is 1. The first-order chi connectivity index (χ1) is 8.52. The van der Waals surface area contributed by atoms with Crippen molar-refractivity contribution in [2.45, 2.75) is 38.1 Å². The number of rotatable bonds is 3. The molecule has 1 aliphatic rings. The van der Waals surface area contributed by atoms with Crippen molar-refractivity contribution in [1.82, 2.24) is 0 Å². The Morgan fingerprint density at radius 3 is 2.39 bits per heavy atom. The summed E-state index contributed by atoms with van der Waals surface area (Å²) < 4.78 is 1.03. The normalized spacial score (nSPS) is 27.8. The average Bonchev–Trinajstić information content (AvgIpc) is 2.35. The zero-order valence-corrected chi connectivity index (χ0v) is 12.2. The van der Waals surface area contributed by atoms with E-state index < -0.39 is 5.54 Å². The van der Waals surface area contributed by atoms with E-state index in [2.05, 4.69) is 28.2 Å². The first-order valence-electron chi connectivity index (χ1n) is 6.35. The molecule has 98 valence electrons. The Hall–Kier alpha value is -1.03. The molecule has 4 heteroatoms. The molecule has 0 saturated heterocycles. The predicted octanol–water partition coefficient (Wildman–Crippen LogP) is 3.30. The van der Waals surface area contributed by atoms with Crippen molar-refractivity contribution in [3.8, 4) is 0 Å². The Balaban J connectivity index is 2.16. The molecule has 3 N–H and O–H groups in total. The van der Waals surface area contributed by atoms with E-state index >= 15 is 0 Å². The molecule has 0 radical (unpaired) electrons. The minimum atomic E-state index is -0.569. The number of halogens is 1. The first-order valence-corrected chi connectivity index (χ1v) is 7.15. The van der Waals surface area contributed by atoms with Gasteiger partial charge in [-0.15, -0.1) is 0 Å². The van der Waals surface area contributed by atoms with Crippen molar-refractivity contribution in [3.05, 3.63) is 28.7 Å². The van der Waals surface area contributed by atoms with Crippen LogP contribution in [0.4, 0.5) is 5.69 Å². The van der Waals surface area contributed by atoms with Gasteiger partial charge in [-0.05, 0) is 55.9 Å². The third-order valence-electron chi connectivity index (χ3n) is 3.83. The van der Waals surface area contributed by atoms with E-state index in [-0.39, 0.29) is 5.91 Å². The van der Waals surface area contributed by atoms with E-state index in [0.717, 1.165) is 35.8 Å². The predicted molar refractivity (Wildman–Crippen MR) is 77.3 cm³/mol. The number of nitrogens with two attached hydrogens (primary N) is 1. The molecule has 2 rings (SSSR count). The Morgan fingerprint density at radius 2 is 1.89 bits per heavy atom. The molecule has 1 aliphatic carbocycles. The van der Waals surface area contributed by atoms with Crippen LogP contribution in [-0.4, -0.2) is 11.4 Å². The molecule has 3 nitrogen and oxygen atoms in total. The molecule has 0 heterocycles. The summed E-state index contributed by atoms with van der Waals surface area (Å²) in [5.74, 6) is 0.446. The smallest absolute Gasteiger partial charge is 0.243 e. The topological polar surface area (TPSA) is 55.1 Å². The highest BCUT2D eigenvalue weighted by atomic mass is 79.9. The quantitative estimate of drug-likeness (QED) is 0.900. The maximum atomic E-state index is 11.8. The van der Waals surface area contributed by atoms with Crippen LogP contribution in [0.3, 0.4) is 0 Å². The van der Waals surface area contributed by atoms with Crippen LogP contribution < -0.4 is 11.1 Å². The lowest BCUT2D eigenvalue weighted by atomic mass is 9.76. The Morgan fingerprint density at radius 1 is 1.33 bits per heavy atom. The van der Waals surface area contributed by atoms with Crippen LogP contribution in [0.5, 0.6) is 0 Å². The van der Waals surface area contributed by atoms with Gasteiger partial charge in [0.05, 0.1) is 0 Å². The lowest BCUT2D eigenvalue weighted by Crippen LogP contribution is -2.52. The SMILES string of the molecule is CC1CCC(Nc2ccc(Br)cc2)(C(N)=O)CC1. The second-order valence-electron chi connectivity index (χ2n) is 5.26.